The largest absolute Gasteiger partial charge is 0.375 e. The van der Waals surface area contributed by atoms with Crippen molar-refractivity contribution in [3.8, 4) is 0 Å². The standard InChI is InChI=1S/C13H17BrN2/c1-15-8-10-16(11-9-15)7-6-12-2-4-13(14)5-3-12/h2-7H,8-11H2,1H3/b7-6+. The second kappa shape index (κ2) is 5.51. The molecular weight excluding hydrogens is 264 g/mol. The van der Waals surface area contributed by atoms with Crippen LogP contribution in [0.2, 0.25) is 0 Å². The zero-order valence-corrected chi connectivity index (χ0v) is 11.2. The third kappa shape index (κ3) is 3.35. The Labute approximate surface area is 106 Å². The van der Waals surface area contributed by atoms with Gasteiger partial charge in [0.1, 0.15) is 0 Å². The minimum Gasteiger partial charge on any atom is -0.375 e. The summed E-state index contributed by atoms with van der Waals surface area (Å²) < 4.78 is 1.13. The molecule has 0 radical (unpaired) electrons. The van der Waals surface area contributed by atoms with Gasteiger partial charge in [-0.2, -0.15) is 0 Å². The molecule has 1 heterocycles. The molecule has 1 aromatic rings. The second-order valence-electron chi connectivity index (χ2n) is 4.21. The van der Waals surface area contributed by atoms with Crippen molar-refractivity contribution in [1.82, 2.24) is 9.80 Å². The van der Waals surface area contributed by atoms with Gasteiger partial charge < -0.3 is 9.80 Å². The maximum Gasteiger partial charge on any atom is 0.0300 e. The summed E-state index contributed by atoms with van der Waals surface area (Å²) in [5.74, 6) is 0. The second-order valence-corrected chi connectivity index (χ2v) is 5.12. The van der Waals surface area contributed by atoms with Crippen LogP contribution in [-0.4, -0.2) is 43.0 Å². The molecule has 0 N–H and O–H groups in total. The number of benzene rings is 1. The monoisotopic (exact) mass is 280 g/mol. The van der Waals surface area contributed by atoms with Gasteiger partial charge in [-0.1, -0.05) is 28.1 Å². The molecule has 1 aliphatic rings. The average molecular weight is 281 g/mol. The van der Waals surface area contributed by atoms with E-state index in [1.165, 1.54) is 5.56 Å². The van der Waals surface area contributed by atoms with Crippen LogP contribution in [0.3, 0.4) is 0 Å². The van der Waals surface area contributed by atoms with Gasteiger partial charge in [-0.05, 0) is 37.0 Å². The van der Waals surface area contributed by atoms with Crippen molar-refractivity contribution in [3.63, 3.8) is 0 Å². The van der Waals surface area contributed by atoms with E-state index in [2.05, 4.69) is 69.3 Å². The highest BCUT2D eigenvalue weighted by Crippen LogP contribution is 2.12. The minimum absolute atomic E-state index is 1.13. The minimum atomic E-state index is 1.13. The molecule has 1 fully saturated rings. The first-order valence-electron chi connectivity index (χ1n) is 5.60. The molecule has 0 atom stereocenters. The van der Waals surface area contributed by atoms with Crippen LogP contribution in [0.1, 0.15) is 5.56 Å². The Hall–Kier alpha value is -0.800. The lowest BCUT2D eigenvalue weighted by atomic mass is 10.2. The number of halogens is 1. The molecule has 0 unspecified atom stereocenters. The molecule has 0 amide bonds. The van der Waals surface area contributed by atoms with Gasteiger partial charge in [-0.25, -0.2) is 0 Å². The van der Waals surface area contributed by atoms with E-state index in [0.717, 1.165) is 30.7 Å². The molecule has 86 valence electrons. The molecule has 2 rings (SSSR count). The highest BCUT2D eigenvalue weighted by atomic mass is 79.9. The predicted molar refractivity (Wildman–Crippen MR) is 72.2 cm³/mol. The number of nitrogens with zero attached hydrogens (tertiary/aromatic N) is 2. The SMILES string of the molecule is CN1CCN(/C=C/c2ccc(Br)cc2)CC1. The Kier molecular flexibility index (Phi) is 4.02. The van der Waals surface area contributed by atoms with Crippen LogP contribution in [0.25, 0.3) is 6.08 Å². The average Bonchev–Trinajstić information content (AvgIpc) is 2.30. The van der Waals surface area contributed by atoms with Crippen molar-refractivity contribution in [1.29, 1.82) is 0 Å². The van der Waals surface area contributed by atoms with E-state index >= 15 is 0 Å². The van der Waals surface area contributed by atoms with Gasteiger partial charge in [-0.15, -0.1) is 0 Å². The van der Waals surface area contributed by atoms with Crippen molar-refractivity contribution in [2.75, 3.05) is 33.2 Å². The Morgan fingerprint density at radius 1 is 1.06 bits per heavy atom. The Balaban J connectivity index is 1.91. The molecule has 2 nitrogen and oxygen atoms in total. The van der Waals surface area contributed by atoms with Crippen molar-refractivity contribution in [2.45, 2.75) is 0 Å². The molecule has 1 aliphatic heterocycles. The van der Waals surface area contributed by atoms with Gasteiger partial charge in [0.15, 0.2) is 0 Å². The van der Waals surface area contributed by atoms with Crippen LogP contribution in [0, 0.1) is 0 Å². The first kappa shape index (κ1) is 11.7. The highest BCUT2D eigenvalue weighted by Gasteiger charge is 2.09. The summed E-state index contributed by atoms with van der Waals surface area (Å²) in [7, 11) is 2.18. The van der Waals surface area contributed by atoms with Crippen LogP contribution in [-0.2, 0) is 0 Å². The molecule has 0 aliphatic carbocycles. The van der Waals surface area contributed by atoms with Crippen molar-refractivity contribution >= 4 is 22.0 Å². The molecule has 0 saturated carbocycles. The summed E-state index contributed by atoms with van der Waals surface area (Å²) in [6, 6.07) is 8.39. The van der Waals surface area contributed by atoms with E-state index in [0.29, 0.717) is 0 Å². The molecular formula is C13H17BrN2. The van der Waals surface area contributed by atoms with Crippen LogP contribution in [0.15, 0.2) is 34.9 Å². The summed E-state index contributed by atoms with van der Waals surface area (Å²) in [6.07, 6.45) is 4.38. The van der Waals surface area contributed by atoms with Gasteiger partial charge in [0.25, 0.3) is 0 Å². The number of hydrogen-bond donors (Lipinski definition) is 0. The molecule has 1 saturated heterocycles. The third-order valence-electron chi connectivity index (χ3n) is 2.89. The van der Waals surface area contributed by atoms with E-state index in [1.54, 1.807) is 0 Å². The van der Waals surface area contributed by atoms with Crippen molar-refractivity contribution in [2.24, 2.45) is 0 Å². The lowest BCUT2D eigenvalue weighted by molar-refractivity contribution is 0.199. The third-order valence-corrected chi connectivity index (χ3v) is 3.41. The van der Waals surface area contributed by atoms with Gasteiger partial charge in [0.05, 0.1) is 0 Å². The maximum absolute atomic E-state index is 3.44. The highest BCUT2D eigenvalue weighted by molar-refractivity contribution is 9.10. The van der Waals surface area contributed by atoms with Crippen LogP contribution < -0.4 is 0 Å². The van der Waals surface area contributed by atoms with Gasteiger partial charge in [0, 0.05) is 30.7 Å². The lowest BCUT2D eigenvalue weighted by Crippen LogP contribution is -2.41. The van der Waals surface area contributed by atoms with Crippen LogP contribution in [0.5, 0.6) is 0 Å². The molecule has 3 heteroatoms. The van der Waals surface area contributed by atoms with E-state index < -0.39 is 0 Å². The van der Waals surface area contributed by atoms with Crippen LogP contribution in [0.4, 0.5) is 0 Å². The normalized spacial score (nSPS) is 18.2. The molecule has 0 aromatic heterocycles. The Morgan fingerprint density at radius 3 is 2.31 bits per heavy atom. The maximum atomic E-state index is 3.44. The van der Waals surface area contributed by atoms with E-state index in [4.69, 9.17) is 0 Å². The molecule has 1 aromatic carbocycles. The number of likely N-dealkylation sites (N-methyl/N-ethyl adjacent to an activating group) is 1. The predicted octanol–water partition coefficient (Wildman–Crippen LogP) is 2.67. The van der Waals surface area contributed by atoms with Crippen molar-refractivity contribution in [3.05, 3.63) is 40.5 Å². The van der Waals surface area contributed by atoms with E-state index in [-0.39, 0.29) is 0 Å². The fourth-order valence-electron chi connectivity index (χ4n) is 1.74. The molecule has 16 heavy (non-hydrogen) atoms. The van der Waals surface area contributed by atoms with Crippen molar-refractivity contribution < 1.29 is 0 Å². The Bertz CT molecular complexity index is 351. The van der Waals surface area contributed by atoms with Gasteiger partial charge in [0.2, 0.25) is 0 Å². The quantitative estimate of drug-likeness (QED) is 0.822. The van der Waals surface area contributed by atoms with Gasteiger partial charge in [-0.3, -0.25) is 0 Å². The first-order valence-corrected chi connectivity index (χ1v) is 6.40. The zero-order valence-electron chi connectivity index (χ0n) is 9.56. The summed E-state index contributed by atoms with van der Waals surface area (Å²) in [5, 5.41) is 0. The summed E-state index contributed by atoms with van der Waals surface area (Å²) in [6.45, 7) is 4.57. The first-order chi connectivity index (χ1) is 7.74. The fourth-order valence-corrected chi connectivity index (χ4v) is 2.00. The molecule has 0 bridgehead atoms. The Morgan fingerprint density at radius 2 is 1.69 bits per heavy atom. The van der Waals surface area contributed by atoms with E-state index in [1.807, 2.05) is 0 Å². The summed E-state index contributed by atoms with van der Waals surface area (Å²) in [4.78, 5) is 4.74. The summed E-state index contributed by atoms with van der Waals surface area (Å²) in [5.41, 5.74) is 1.25. The number of hydrogen-bond acceptors (Lipinski definition) is 2. The van der Waals surface area contributed by atoms with Crippen LogP contribution >= 0.6 is 15.9 Å². The fraction of sp³-hybridized carbons (Fsp3) is 0.385. The van der Waals surface area contributed by atoms with Gasteiger partial charge >= 0.3 is 0 Å². The number of rotatable bonds is 2. The lowest BCUT2D eigenvalue weighted by Gasteiger charge is -2.31. The summed E-state index contributed by atoms with van der Waals surface area (Å²) >= 11 is 3.44. The number of piperazine rings is 1. The zero-order chi connectivity index (χ0) is 11.4. The van der Waals surface area contributed by atoms with E-state index in [9.17, 15) is 0 Å². The topological polar surface area (TPSA) is 6.48 Å². The molecule has 0 spiro atoms. The smallest absolute Gasteiger partial charge is 0.0300 e.